The van der Waals surface area contributed by atoms with Gasteiger partial charge >= 0.3 is 5.97 Å². The van der Waals surface area contributed by atoms with Gasteiger partial charge in [-0.2, -0.15) is 0 Å². The van der Waals surface area contributed by atoms with Crippen LogP contribution in [0.4, 0.5) is 5.82 Å². The number of carbonyl (C=O) groups is 1. The smallest absolute Gasteiger partial charge is 0.337 e. The molecule has 0 aliphatic rings. The van der Waals surface area contributed by atoms with Gasteiger partial charge in [0.2, 0.25) is 0 Å². The summed E-state index contributed by atoms with van der Waals surface area (Å²) >= 11 is 5.68. The number of aromatic nitrogens is 1. The van der Waals surface area contributed by atoms with Crippen molar-refractivity contribution in [1.29, 1.82) is 0 Å². The summed E-state index contributed by atoms with van der Waals surface area (Å²) in [5.41, 5.74) is 0.0169. The van der Waals surface area contributed by atoms with Gasteiger partial charge in [-0.1, -0.05) is 11.6 Å². The monoisotopic (exact) mass is 276 g/mol. The molecule has 0 saturated heterocycles. The predicted molar refractivity (Wildman–Crippen MR) is 68.2 cm³/mol. The van der Waals surface area contributed by atoms with E-state index in [0.29, 0.717) is 18.1 Å². The molecule has 17 heavy (non-hydrogen) atoms. The van der Waals surface area contributed by atoms with E-state index in [2.05, 4.69) is 10.3 Å². The Morgan fingerprint density at radius 3 is 2.94 bits per heavy atom. The zero-order chi connectivity index (χ0) is 12.8. The van der Waals surface area contributed by atoms with Gasteiger partial charge in [-0.3, -0.25) is 4.21 Å². The Hall–Kier alpha value is -1.14. The van der Waals surface area contributed by atoms with E-state index in [1.165, 1.54) is 12.3 Å². The maximum absolute atomic E-state index is 10.8. The molecule has 0 saturated carbocycles. The Morgan fingerprint density at radius 1 is 1.65 bits per heavy atom. The minimum atomic E-state index is -1.09. The van der Waals surface area contributed by atoms with E-state index in [-0.39, 0.29) is 10.6 Å². The number of pyridine rings is 1. The van der Waals surface area contributed by atoms with Gasteiger partial charge < -0.3 is 10.4 Å². The first-order valence-electron chi connectivity index (χ1n) is 4.93. The fourth-order valence-electron chi connectivity index (χ4n) is 1.19. The zero-order valence-electron chi connectivity index (χ0n) is 9.27. The Morgan fingerprint density at radius 2 is 2.35 bits per heavy atom. The quantitative estimate of drug-likeness (QED) is 0.772. The maximum Gasteiger partial charge on any atom is 0.337 e. The van der Waals surface area contributed by atoms with Crippen molar-refractivity contribution in [2.75, 3.05) is 23.9 Å². The van der Waals surface area contributed by atoms with Crippen LogP contribution in [-0.2, 0) is 10.8 Å². The highest BCUT2D eigenvalue weighted by molar-refractivity contribution is 7.84. The number of nitrogens with one attached hydrogen (secondary N) is 1. The van der Waals surface area contributed by atoms with Crippen molar-refractivity contribution in [2.24, 2.45) is 0 Å². The molecule has 0 fully saturated rings. The third-order valence-electron chi connectivity index (χ3n) is 2.00. The lowest BCUT2D eigenvalue weighted by atomic mass is 10.2. The largest absolute Gasteiger partial charge is 0.478 e. The van der Waals surface area contributed by atoms with Gasteiger partial charge in [0.1, 0.15) is 5.82 Å². The van der Waals surface area contributed by atoms with Gasteiger partial charge in [-0.25, -0.2) is 9.78 Å². The van der Waals surface area contributed by atoms with Gasteiger partial charge in [-0.05, 0) is 12.5 Å². The highest BCUT2D eigenvalue weighted by atomic mass is 35.5. The van der Waals surface area contributed by atoms with E-state index in [0.717, 1.165) is 6.42 Å². The molecule has 1 atom stereocenters. The molecule has 94 valence electrons. The van der Waals surface area contributed by atoms with Crippen molar-refractivity contribution < 1.29 is 14.1 Å². The molecule has 5 nitrogen and oxygen atoms in total. The van der Waals surface area contributed by atoms with Gasteiger partial charge in [0, 0.05) is 35.5 Å². The topological polar surface area (TPSA) is 79.3 Å². The van der Waals surface area contributed by atoms with Crippen LogP contribution in [0.2, 0.25) is 5.02 Å². The van der Waals surface area contributed by atoms with Crippen LogP contribution in [0, 0.1) is 0 Å². The van der Waals surface area contributed by atoms with Crippen LogP contribution in [0.25, 0.3) is 0 Å². The van der Waals surface area contributed by atoms with Crippen LogP contribution in [0.1, 0.15) is 16.8 Å². The van der Waals surface area contributed by atoms with Crippen molar-refractivity contribution in [3.05, 3.63) is 22.8 Å². The van der Waals surface area contributed by atoms with E-state index in [1.54, 1.807) is 6.26 Å². The van der Waals surface area contributed by atoms with E-state index in [9.17, 15) is 9.00 Å². The minimum absolute atomic E-state index is 0.0169. The highest BCUT2D eigenvalue weighted by Gasteiger charge is 2.09. The molecule has 7 heteroatoms. The van der Waals surface area contributed by atoms with E-state index < -0.39 is 16.8 Å². The number of carboxylic acid groups (broad SMARTS) is 1. The van der Waals surface area contributed by atoms with Gasteiger partial charge in [-0.15, -0.1) is 0 Å². The summed E-state index contributed by atoms with van der Waals surface area (Å²) in [6, 6.07) is 1.38. The molecule has 0 aliphatic carbocycles. The number of aromatic carboxylic acids is 1. The molecule has 0 aromatic carbocycles. The maximum atomic E-state index is 10.8. The second kappa shape index (κ2) is 6.56. The normalized spacial score (nSPS) is 12.1. The van der Waals surface area contributed by atoms with Crippen molar-refractivity contribution in [3.63, 3.8) is 0 Å². The van der Waals surface area contributed by atoms with Gasteiger partial charge in [0.25, 0.3) is 0 Å². The number of anilines is 1. The van der Waals surface area contributed by atoms with Crippen molar-refractivity contribution in [2.45, 2.75) is 6.42 Å². The first-order valence-corrected chi connectivity index (χ1v) is 7.04. The molecule has 0 aliphatic heterocycles. The zero-order valence-corrected chi connectivity index (χ0v) is 10.8. The second-order valence-electron chi connectivity index (χ2n) is 3.41. The lowest BCUT2D eigenvalue weighted by Crippen LogP contribution is -2.08. The van der Waals surface area contributed by atoms with Crippen LogP contribution in [0.15, 0.2) is 12.3 Å². The molecular weight excluding hydrogens is 264 g/mol. The number of rotatable bonds is 6. The summed E-state index contributed by atoms with van der Waals surface area (Å²) in [6.45, 7) is 0.591. The van der Waals surface area contributed by atoms with E-state index >= 15 is 0 Å². The molecular formula is C10H13ClN2O3S. The fourth-order valence-corrected chi connectivity index (χ4v) is 1.93. The SMILES string of the molecule is CS(=O)CCCNc1cc(C(=O)O)c(Cl)cn1. The van der Waals surface area contributed by atoms with Gasteiger partial charge in [0.15, 0.2) is 0 Å². The summed E-state index contributed by atoms with van der Waals surface area (Å²) in [5.74, 6) is -0.0318. The lowest BCUT2D eigenvalue weighted by molar-refractivity contribution is 0.0697. The summed E-state index contributed by atoms with van der Waals surface area (Å²) in [6.07, 6.45) is 3.67. The first kappa shape index (κ1) is 13.9. The molecule has 1 aromatic heterocycles. The minimum Gasteiger partial charge on any atom is -0.478 e. The number of nitrogens with zero attached hydrogens (tertiary/aromatic N) is 1. The molecule has 0 spiro atoms. The van der Waals surface area contributed by atoms with Crippen LogP contribution < -0.4 is 5.32 Å². The molecule has 0 radical (unpaired) electrons. The fraction of sp³-hybridized carbons (Fsp3) is 0.400. The van der Waals surface area contributed by atoms with Crippen LogP contribution in [0.5, 0.6) is 0 Å². The molecule has 1 unspecified atom stereocenters. The van der Waals surface area contributed by atoms with Crippen LogP contribution in [-0.4, -0.2) is 38.8 Å². The second-order valence-corrected chi connectivity index (χ2v) is 5.37. The lowest BCUT2D eigenvalue weighted by Gasteiger charge is -2.06. The standard InChI is InChI=1S/C10H13ClN2O3S/c1-17(16)4-2-3-12-9-5-7(10(14)15)8(11)6-13-9/h5-6H,2-4H2,1H3,(H,12,13)(H,14,15). The number of carboxylic acids is 1. The van der Waals surface area contributed by atoms with Crippen molar-refractivity contribution in [1.82, 2.24) is 4.98 Å². The summed E-state index contributed by atoms with van der Waals surface area (Å²) in [5, 5.41) is 11.9. The molecule has 1 heterocycles. The Balaban J connectivity index is 2.57. The third-order valence-corrected chi connectivity index (χ3v) is 3.17. The average molecular weight is 277 g/mol. The Labute approximate surface area is 107 Å². The van der Waals surface area contributed by atoms with Crippen molar-refractivity contribution >= 4 is 34.2 Å². The number of halogens is 1. The van der Waals surface area contributed by atoms with E-state index in [4.69, 9.17) is 16.7 Å². The molecule has 2 N–H and O–H groups in total. The Bertz CT molecular complexity index is 440. The van der Waals surface area contributed by atoms with Crippen molar-refractivity contribution in [3.8, 4) is 0 Å². The summed E-state index contributed by atoms with van der Waals surface area (Å²) in [4.78, 5) is 14.8. The van der Waals surface area contributed by atoms with Crippen LogP contribution in [0.3, 0.4) is 0 Å². The predicted octanol–water partition coefficient (Wildman–Crippen LogP) is 1.61. The number of hydrogen-bond acceptors (Lipinski definition) is 4. The molecule has 1 rings (SSSR count). The average Bonchev–Trinajstić information content (AvgIpc) is 2.25. The first-order chi connectivity index (χ1) is 8.00. The highest BCUT2D eigenvalue weighted by Crippen LogP contribution is 2.17. The Kier molecular flexibility index (Phi) is 5.37. The molecule has 0 amide bonds. The number of hydrogen-bond donors (Lipinski definition) is 2. The van der Waals surface area contributed by atoms with Gasteiger partial charge in [0.05, 0.1) is 10.6 Å². The molecule has 1 aromatic rings. The summed E-state index contributed by atoms with van der Waals surface area (Å²) < 4.78 is 10.8. The van der Waals surface area contributed by atoms with E-state index in [1.807, 2.05) is 0 Å². The summed E-state index contributed by atoms with van der Waals surface area (Å²) in [7, 11) is -0.814. The molecule has 0 bridgehead atoms. The third kappa shape index (κ3) is 4.70. The van der Waals surface area contributed by atoms with Crippen LogP contribution >= 0.6 is 11.6 Å².